The number of benzene rings is 2. The zero-order valence-corrected chi connectivity index (χ0v) is 25.7. The number of piperidine rings is 1. The molecule has 1 aliphatic heterocycles. The number of azo groups is 1. The molecule has 2 aromatic heterocycles. The van der Waals surface area contributed by atoms with Crippen LogP contribution in [-0.2, 0) is 12.8 Å². The van der Waals surface area contributed by atoms with Gasteiger partial charge < -0.3 is 25.3 Å². The first kappa shape index (κ1) is 32.4. The van der Waals surface area contributed by atoms with Gasteiger partial charge in [-0.25, -0.2) is 9.48 Å². The zero-order chi connectivity index (χ0) is 31.5. The molecule has 1 aliphatic carbocycles. The Kier molecular flexibility index (Phi) is 11.7. The van der Waals surface area contributed by atoms with E-state index in [9.17, 15) is 14.7 Å². The van der Waals surface area contributed by atoms with Crippen molar-refractivity contribution >= 4 is 17.3 Å². The highest BCUT2D eigenvalue weighted by Crippen LogP contribution is 2.38. The molecule has 3 heterocycles. The summed E-state index contributed by atoms with van der Waals surface area (Å²) in [6.45, 7) is 10.6. The van der Waals surface area contributed by atoms with E-state index in [-0.39, 0.29) is 39.8 Å². The summed E-state index contributed by atoms with van der Waals surface area (Å²) in [4.78, 5) is 24.1. The first-order valence-corrected chi connectivity index (χ1v) is 15.3. The van der Waals surface area contributed by atoms with Crippen molar-refractivity contribution in [2.24, 2.45) is 10.2 Å². The molecule has 2 aliphatic rings. The van der Waals surface area contributed by atoms with Gasteiger partial charge in [0.05, 0.1) is 16.9 Å². The smallest absolute Gasteiger partial charge is 0.371 e. The molecule has 11 nitrogen and oxygen atoms in total. The summed E-state index contributed by atoms with van der Waals surface area (Å²) in [5.74, 6) is -1.51. The number of furan rings is 1. The number of carbonyl (C=O) groups is 1. The molecule has 44 heavy (non-hydrogen) atoms. The molecule has 0 atom stereocenters. The lowest BCUT2D eigenvalue weighted by atomic mass is 10.1. The van der Waals surface area contributed by atoms with E-state index < -0.39 is 5.97 Å². The number of H-pyrrole nitrogens is 1. The van der Waals surface area contributed by atoms with Crippen molar-refractivity contribution in [1.29, 1.82) is 0 Å². The Labute approximate surface area is 257 Å². The summed E-state index contributed by atoms with van der Waals surface area (Å²) in [5, 5.41) is 37.3. The van der Waals surface area contributed by atoms with E-state index in [4.69, 9.17) is 9.52 Å². The van der Waals surface area contributed by atoms with Crippen LogP contribution in [0.25, 0.3) is 17.0 Å². The highest BCUT2D eigenvalue weighted by Gasteiger charge is 2.18. The lowest BCUT2D eigenvalue weighted by Crippen LogP contribution is -2.21. The number of fused-ring (bicyclic) bond motifs is 1. The molecule has 0 spiro atoms. The van der Waals surface area contributed by atoms with Gasteiger partial charge in [-0.2, -0.15) is 0 Å². The second-order valence-corrected chi connectivity index (χ2v) is 10.6. The van der Waals surface area contributed by atoms with Crippen LogP contribution >= 0.6 is 0 Å². The average molecular weight is 603 g/mol. The van der Waals surface area contributed by atoms with Gasteiger partial charge in [0.25, 0.3) is 5.56 Å². The Balaban J connectivity index is 0.000000341. The van der Waals surface area contributed by atoms with Crippen LogP contribution in [0.1, 0.15) is 66.9 Å². The normalized spacial score (nSPS) is 14.0. The summed E-state index contributed by atoms with van der Waals surface area (Å²) < 4.78 is 6.70. The van der Waals surface area contributed by atoms with Crippen LogP contribution in [0.15, 0.2) is 68.0 Å². The number of nitrogens with zero attached hydrogens (tertiary/aromatic N) is 3. The van der Waals surface area contributed by atoms with E-state index in [1.54, 1.807) is 19.1 Å². The number of aromatic nitrogens is 2. The average Bonchev–Trinajstić information content (AvgIpc) is 3.78. The fourth-order valence-corrected chi connectivity index (χ4v) is 5.10. The number of aromatic amines is 1. The van der Waals surface area contributed by atoms with Gasteiger partial charge in [-0.3, -0.25) is 9.89 Å². The lowest BCUT2D eigenvalue weighted by molar-refractivity contribution is 0.0663. The predicted octanol–water partition coefficient (Wildman–Crippen LogP) is 6.42. The van der Waals surface area contributed by atoms with Gasteiger partial charge in [0.1, 0.15) is 11.4 Å². The number of aromatic carboxylic acids is 1. The predicted molar refractivity (Wildman–Crippen MR) is 171 cm³/mol. The minimum Gasteiger partial charge on any atom is -0.505 e. The van der Waals surface area contributed by atoms with Crippen LogP contribution < -0.4 is 16.2 Å². The summed E-state index contributed by atoms with van der Waals surface area (Å²) in [7, 11) is 0. The summed E-state index contributed by atoms with van der Waals surface area (Å²) in [6, 6.07) is 13.5. The minimum atomic E-state index is -1.21. The second kappa shape index (κ2) is 15.8. The number of phenolic OH excluding ortho intramolecular Hbond substituents is 1. The third kappa shape index (κ3) is 8.12. The molecular formula is C33H42N6O5. The number of carboxylic acid groups (broad SMARTS) is 1. The fourth-order valence-electron chi connectivity index (χ4n) is 5.10. The number of para-hydroxylation sites is 1. The van der Waals surface area contributed by atoms with Crippen molar-refractivity contribution < 1.29 is 19.4 Å². The SMILES string of the molecule is C1CCNCC1.CCNCC.Cc1[nH]n(-c2ccc3c(c2)CCC3)c(=O)c1N=Nc1cccc(-c2ccc(C(=O)O)o2)c1O. The summed E-state index contributed by atoms with van der Waals surface area (Å²) in [5.41, 5.74) is 4.01. The molecule has 0 amide bonds. The lowest BCUT2D eigenvalue weighted by Gasteiger charge is -2.08. The Morgan fingerprint density at radius 1 is 0.977 bits per heavy atom. The Bertz CT molecular complexity index is 1620. The van der Waals surface area contributed by atoms with Gasteiger partial charge >= 0.3 is 5.97 Å². The van der Waals surface area contributed by atoms with Gasteiger partial charge in [0.15, 0.2) is 11.4 Å². The number of phenols is 1. The number of rotatable bonds is 7. The maximum atomic E-state index is 13.0. The first-order chi connectivity index (χ1) is 21.3. The Morgan fingerprint density at radius 2 is 1.73 bits per heavy atom. The van der Waals surface area contributed by atoms with E-state index in [0.717, 1.165) is 38.0 Å². The van der Waals surface area contributed by atoms with E-state index in [0.29, 0.717) is 5.69 Å². The van der Waals surface area contributed by atoms with Crippen LogP contribution in [-0.4, -0.2) is 52.1 Å². The van der Waals surface area contributed by atoms with Gasteiger partial charge in [-0.05, 0) is 113 Å². The standard InChI is InChI=1S/C24H20N4O5.C5H11N.C4H11N/c1-13-21(23(30)28(27-13)16-9-8-14-4-2-5-15(14)12-16)26-25-18-7-3-6-17(22(18)29)19-10-11-20(33-19)24(31)32;1-2-4-6-5-3-1;1-3-5-4-2/h3,6-12,27,29H,2,4-5H2,1H3,(H,31,32);6H,1-5H2;5H,3-4H2,1-2H3. The molecule has 1 saturated heterocycles. The van der Waals surface area contributed by atoms with Crippen molar-refractivity contribution in [3.05, 3.63) is 81.5 Å². The van der Waals surface area contributed by atoms with Crippen LogP contribution in [0.2, 0.25) is 0 Å². The maximum absolute atomic E-state index is 13.0. The maximum Gasteiger partial charge on any atom is 0.371 e. The number of aryl methyl sites for hydroxylation is 3. The highest BCUT2D eigenvalue weighted by molar-refractivity contribution is 5.85. The molecule has 0 unspecified atom stereocenters. The molecule has 234 valence electrons. The van der Waals surface area contributed by atoms with Crippen LogP contribution in [0.4, 0.5) is 11.4 Å². The molecular weight excluding hydrogens is 560 g/mol. The summed E-state index contributed by atoms with van der Waals surface area (Å²) >= 11 is 0. The van der Waals surface area contributed by atoms with Crippen molar-refractivity contribution in [3.63, 3.8) is 0 Å². The number of hydrogen-bond donors (Lipinski definition) is 5. The van der Waals surface area contributed by atoms with E-state index in [1.165, 1.54) is 66.4 Å². The largest absolute Gasteiger partial charge is 0.505 e. The van der Waals surface area contributed by atoms with Crippen LogP contribution in [0, 0.1) is 6.92 Å². The molecule has 1 fully saturated rings. The monoisotopic (exact) mass is 602 g/mol. The number of hydrogen-bond acceptors (Lipinski definition) is 8. The number of nitrogens with one attached hydrogen (secondary N) is 3. The van der Waals surface area contributed by atoms with Gasteiger partial charge in [0, 0.05) is 0 Å². The third-order valence-electron chi connectivity index (χ3n) is 7.44. The molecule has 2 aromatic carbocycles. The molecule has 0 radical (unpaired) electrons. The van der Waals surface area contributed by atoms with E-state index in [1.807, 2.05) is 12.1 Å². The Hall–Kier alpha value is -4.48. The first-order valence-electron chi connectivity index (χ1n) is 15.3. The summed E-state index contributed by atoms with van der Waals surface area (Å²) in [6.07, 6.45) is 7.40. The molecule has 0 bridgehead atoms. The number of aromatic hydroxyl groups is 1. The quantitative estimate of drug-likeness (QED) is 0.153. The number of carboxylic acids is 1. The van der Waals surface area contributed by atoms with Crippen molar-refractivity contribution in [1.82, 2.24) is 20.4 Å². The zero-order valence-electron chi connectivity index (χ0n) is 25.7. The second-order valence-electron chi connectivity index (χ2n) is 10.6. The Morgan fingerprint density at radius 3 is 2.34 bits per heavy atom. The van der Waals surface area contributed by atoms with E-state index >= 15 is 0 Å². The van der Waals surface area contributed by atoms with E-state index in [2.05, 4.69) is 45.9 Å². The van der Waals surface area contributed by atoms with Crippen LogP contribution in [0.3, 0.4) is 0 Å². The topological polar surface area (TPSA) is 157 Å². The van der Waals surface area contributed by atoms with Crippen molar-refractivity contribution in [2.45, 2.75) is 59.3 Å². The van der Waals surface area contributed by atoms with Crippen molar-refractivity contribution in [2.75, 3.05) is 26.2 Å². The van der Waals surface area contributed by atoms with Gasteiger partial charge in [0.2, 0.25) is 5.76 Å². The van der Waals surface area contributed by atoms with Crippen LogP contribution in [0.5, 0.6) is 5.75 Å². The van der Waals surface area contributed by atoms with Gasteiger partial charge in [-0.15, -0.1) is 10.2 Å². The molecule has 11 heteroatoms. The third-order valence-corrected chi connectivity index (χ3v) is 7.44. The highest BCUT2D eigenvalue weighted by atomic mass is 16.4. The molecule has 6 rings (SSSR count). The molecule has 5 N–H and O–H groups in total. The fraction of sp³-hybridized carbons (Fsp3) is 0.394. The minimum absolute atomic E-state index is 0.116. The van der Waals surface area contributed by atoms with Crippen molar-refractivity contribution in [3.8, 4) is 22.8 Å². The van der Waals surface area contributed by atoms with Gasteiger partial charge in [-0.1, -0.05) is 32.4 Å². The molecule has 0 saturated carbocycles. The molecule has 4 aromatic rings.